The maximum absolute atomic E-state index is 15.2. The van der Waals surface area contributed by atoms with Crippen LogP contribution in [-0.4, -0.2) is 37.6 Å². The third-order valence-electron chi connectivity index (χ3n) is 5.76. The van der Waals surface area contributed by atoms with Crippen LogP contribution >= 0.6 is 0 Å². The SMILES string of the molecule is CCCOc1c2c(c(OCCC)c3ccccc13)C(=O)N(c1ccc(CC(=O)OCC)cc1F)C2=O. The lowest BCUT2D eigenvalue weighted by molar-refractivity contribution is -0.142. The largest absolute Gasteiger partial charge is 0.492 e. The van der Waals surface area contributed by atoms with Gasteiger partial charge in [0.1, 0.15) is 17.3 Å². The number of hydrogen-bond donors (Lipinski definition) is 0. The molecule has 1 aliphatic heterocycles. The van der Waals surface area contributed by atoms with Gasteiger partial charge < -0.3 is 14.2 Å². The average Bonchev–Trinajstić information content (AvgIpc) is 3.11. The van der Waals surface area contributed by atoms with Crippen molar-refractivity contribution in [1.82, 2.24) is 0 Å². The first-order chi connectivity index (χ1) is 17.4. The molecule has 0 aliphatic carbocycles. The van der Waals surface area contributed by atoms with Gasteiger partial charge in [0.05, 0.1) is 43.1 Å². The highest BCUT2D eigenvalue weighted by molar-refractivity contribution is 6.38. The number of esters is 1. The van der Waals surface area contributed by atoms with Crippen molar-refractivity contribution in [3.63, 3.8) is 0 Å². The molecule has 0 radical (unpaired) electrons. The monoisotopic (exact) mass is 493 g/mol. The van der Waals surface area contributed by atoms with Crippen molar-refractivity contribution in [2.75, 3.05) is 24.7 Å². The van der Waals surface area contributed by atoms with Crippen LogP contribution in [0.5, 0.6) is 11.5 Å². The Morgan fingerprint density at radius 2 is 1.42 bits per heavy atom. The zero-order valence-corrected chi connectivity index (χ0v) is 20.6. The second-order valence-corrected chi connectivity index (χ2v) is 8.36. The van der Waals surface area contributed by atoms with Crippen LogP contribution in [0, 0.1) is 5.82 Å². The Labute approximate surface area is 208 Å². The van der Waals surface area contributed by atoms with Crippen molar-refractivity contribution in [1.29, 1.82) is 0 Å². The zero-order chi connectivity index (χ0) is 25.8. The van der Waals surface area contributed by atoms with Crippen LogP contribution in [0.2, 0.25) is 0 Å². The first-order valence-electron chi connectivity index (χ1n) is 12.1. The molecule has 0 saturated carbocycles. The van der Waals surface area contributed by atoms with Crippen molar-refractivity contribution < 1.29 is 33.0 Å². The van der Waals surface area contributed by atoms with Crippen LogP contribution in [0.1, 0.15) is 59.9 Å². The van der Waals surface area contributed by atoms with E-state index in [9.17, 15) is 14.4 Å². The maximum Gasteiger partial charge on any atom is 0.310 e. The molecule has 7 nitrogen and oxygen atoms in total. The van der Waals surface area contributed by atoms with E-state index in [1.165, 1.54) is 12.1 Å². The number of carbonyl (C=O) groups excluding carboxylic acids is 3. The molecule has 36 heavy (non-hydrogen) atoms. The topological polar surface area (TPSA) is 82.1 Å². The second-order valence-electron chi connectivity index (χ2n) is 8.36. The molecular formula is C28H28FNO6. The molecule has 0 N–H and O–H groups in total. The molecule has 3 aromatic rings. The summed E-state index contributed by atoms with van der Waals surface area (Å²) in [5.41, 5.74) is 0.290. The number of rotatable bonds is 10. The van der Waals surface area contributed by atoms with E-state index in [1.54, 1.807) is 6.92 Å². The average molecular weight is 494 g/mol. The highest BCUT2D eigenvalue weighted by Gasteiger charge is 2.44. The number of imide groups is 1. The first kappa shape index (κ1) is 25.2. The minimum atomic E-state index is -0.803. The summed E-state index contributed by atoms with van der Waals surface area (Å²) in [5.74, 6) is -2.11. The minimum Gasteiger partial charge on any atom is -0.492 e. The standard InChI is InChI=1S/C28H28FNO6/c1-4-13-35-25-18-9-7-8-10-19(18)26(36-14-5-2)24-23(25)27(32)30(28(24)33)21-12-11-17(15-20(21)29)16-22(31)34-6-3/h7-12,15H,4-6,13-14,16H2,1-3H3. The van der Waals surface area contributed by atoms with Crippen LogP contribution in [0.25, 0.3) is 10.8 Å². The number of carbonyl (C=O) groups is 3. The fraction of sp³-hybridized carbons (Fsp3) is 0.321. The Morgan fingerprint density at radius 3 is 1.89 bits per heavy atom. The molecule has 2 amide bonds. The van der Waals surface area contributed by atoms with Gasteiger partial charge in [0.15, 0.2) is 0 Å². The Morgan fingerprint density at radius 1 is 0.861 bits per heavy atom. The van der Waals surface area contributed by atoms with E-state index in [-0.39, 0.29) is 41.3 Å². The minimum absolute atomic E-state index is 0.0632. The number of fused-ring (bicyclic) bond motifs is 2. The van der Waals surface area contributed by atoms with Crippen LogP contribution in [-0.2, 0) is 16.0 Å². The molecule has 0 atom stereocenters. The summed E-state index contributed by atoms with van der Waals surface area (Å²) in [4.78, 5) is 40.0. The predicted molar refractivity (Wildman–Crippen MR) is 133 cm³/mol. The Hall–Kier alpha value is -3.94. The molecule has 0 unspecified atom stereocenters. The summed E-state index contributed by atoms with van der Waals surface area (Å²) in [7, 11) is 0. The summed E-state index contributed by atoms with van der Waals surface area (Å²) in [5, 5.41) is 1.29. The number of benzene rings is 3. The molecule has 0 bridgehead atoms. The van der Waals surface area contributed by atoms with Gasteiger partial charge >= 0.3 is 5.97 Å². The molecule has 0 fully saturated rings. The summed E-state index contributed by atoms with van der Waals surface area (Å²) in [6.07, 6.45) is 1.27. The fourth-order valence-electron chi connectivity index (χ4n) is 4.25. The lowest BCUT2D eigenvalue weighted by Gasteiger charge is -2.16. The smallest absolute Gasteiger partial charge is 0.310 e. The van der Waals surface area contributed by atoms with E-state index in [0.29, 0.717) is 42.4 Å². The molecule has 1 aliphatic rings. The molecule has 4 rings (SSSR count). The Kier molecular flexibility index (Phi) is 7.52. The van der Waals surface area contributed by atoms with E-state index >= 15 is 4.39 Å². The highest BCUT2D eigenvalue weighted by atomic mass is 19.1. The van der Waals surface area contributed by atoms with Gasteiger partial charge in [-0.05, 0) is 37.5 Å². The lowest BCUT2D eigenvalue weighted by Crippen LogP contribution is -2.30. The number of ether oxygens (including phenoxy) is 3. The van der Waals surface area contributed by atoms with Gasteiger partial charge in [-0.15, -0.1) is 0 Å². The van der Waals surface area contributed by atoms with Crippen molar-refractivity contribution >= 4 is 34.2 Å². The number of amides is 2. The predicted octanol–water partition coefficient (Wildman–Crippen LogP) is 5.46. The normalized spacial score (nSPS) is 12.7. The van der Waals surface area contributed by atoms with E-state index in [0.717, 1.165) is 11.0 Å². The number of anilines is 1. The molecular weight excluding hydrogens is 465 g/mol. The van der Waals surface area contributed by atoms with E-state index in [4.69, 9.17) is 14.2 Å². The van der Waals surface area contributed by atoms with Gasteiger partial charge in [-0.3, -0.25) is 14.4 Å². The van der Waals surface area contributed by atoms with Gasteiger partial charge in [0.2, 0.25) is 0 Å². The third-order valence-corrected chi connectivity index (χ3v) is 5.76. The van der Waals surface area contributed by atoms with Gasteiger partial charge in [0.25, 0.3) is 11.8 Å². The molecule has 3 aromatic carbocycles. The van der Waals surface area contributed by atoms with E-state index < -0.39 is 23.6 Å². The van der Waals surface area contributed by atoms with Crippen molar-refractivity contribution in [2.45, 2.75) is 40.0 Å². The molecule has 8 heteroatoms. The summed E-state index contributed by atoms with van der Waals surface area (Å²) in [6, 6.07) is 11.2. The van der Waals surface area contributed by atoms with Gasteiger partial charge in [-0.2, -0.15) is 0 Å². The second kappa shape index (κ2) is 10.8. The van der Waals surface area contributed by atoms with Crippen LogP contribution < -0.4 is 14.4 Å². The highest BCUT2D eigenvalue weighted by Crippen LogP contribution is 2.46. The van der Waals surface area contributed by atoms with Crippen molar-refractivity contribution in [3.05, 3.63) is 65.0 Å². The summed E-state index contributed by atoms with van der Waals surface area (Å²) >= 11 is 0. The number of hydrogen-bond acceptors (Lipinski definition) is 6. The fourth-order valence-corrected chi connectivity index (χ4v) is 4.25. The third kappa shape index (κ3) is 4.51. The van der Waals surface area contributed by atoms with Crippen molar-refractivity contribution in [2.24, 2.45) is 0 Å². The lowest BCUT2D eigenvalue weighted by atomic mass is 9.99. The molecule has 0 spiro atoms. The van der Waals surface area contributed by atoms with Gasteiger partial charge in [-0.25, -0.2) is 9.29 Å². The van der Waals surface area contributed by atoms with Crippen LogP contribution in [0.4, 0.5) is 10.1 Å². The van der Waals surface area contributed by atoms with Crippen LogP contribution in [0.15, 0.2) is 42.5 Å². The molecule has 188 valence electrons. The molecule has 1 heterocycles. The van der Waals surface area contributed by atoms with Gasteiger partial charge in [0, 0.05) is 10.8 Å². The maximum atomic E-state index is 15.2. The number of halogens is 1. The van der Waals surface area contributed by atoms with E-state index in [1.807, 2.05) is 38.1 Å². The van der Waals surface area contributed by atoms with E-state index in [2.05, 4.69) is 0 Å². The Balaban J connectivity index is 1.85. The summed E-state index contributed by atoms with van der Waals surface area (Å²) < 4.78 is 32.1. The Bertz CT molecular complexity index is 1270. The first-order valence-corrected chi connectivity index (χ1v) is 12.1. The van der Waals surface area contributed by atoms with Crippen molar-refractivity contribution in [3.8, 4) is 11.5 Å². The van der Waals surface area contributed by atoms with Crippen LogP contribution in [0.3, 0.4) is 0 Å². The van der Waals surface area contributed by atoms with Gasteiger partial charge in [-0.1, -0.05) is 44.2 Å². The number of nitrogens with zero attached hydrogens (tertiary/aromatic N) is 1. The summed E-state index contributed by atoms with van der Waals surface area (Å²) in [6.45, 7) is 6.45. The quantitative estimate of drug-likeness (QED) is 0.275. The zero-order valence-electron chi connectivity index (χ0n) is 20.6. The molecule has 0 aromatic heterocycles. The molecule has 0 saturated heterocycles.